The van der Waals surface area contributed by atoms with Gasteiger partial charge in [0.1, 0.15) is 5.70 Å². The van der Waals surface area contributed by atoms with Crippen molar-refractivity contribution in [2.24, 2.45) is 0 Å². The standard InChI is InChI=1S/C21H20N2O6/c1-14(24)22-18(12-15-8-4-3-5-9-15)21(27)29-13-19(25)23-17-11-7-6-10-16(17)20(26)28-2/h3-12H,13H2,1-2H3,(H,22,24)(H,23,25)/b18-12-. The molecule has 0 fully saturated rings. The molecule has 0 unspecified atom stereocenters. The second-order valence-electron chi connectivity index (χ2n) is 5.81. The van der Waals surface area contributed by atoms with Gasteiger partial charge in [0.2, 0.25) is 5.91 Å². The van der Waals surface area contributed by atoms with Gasteiger partial charge in [-0.2, -0.15) is 0 Å². The molecule has 8 heteroatoms. The molecule has 0 spiro atoms. The lowest BCUT2D eigenvalue weighted by atomic mass is 10.2. The predicted molar refractivity (Wildman–Crippen MR) is 106 cm³/mol. The summed E-state index contributed by atoms with van der Waals surface area (Å²) in [5.74, 6) is -2.60. The molecule has 2 rings (SSSR count). The number of carbonyl (C=O) groups excluding carboxylic acids is 4. The van der Waals surface area contributed by atoms with Crippen LogP contribution in [0.2, 0.25) is 0 Å². The molecule has 0 heterocycles. The topological polar surface area (TPSA) is 111 Å². The molecule has 0 saturated carbocycles. The van der Waals surface area contributed by atoms with E-state index in [0.717, 1.165) is 0 Å². The van der Waals surface area contributed by atoms with Crippen molar-refractivity contribution >= 4 is 35.5 Å². The SMILES string of the molecule is COC(=O)c1ccccc1NC(=O)COC(=O)/C(=C/c1ccccc1)NC(C)=O. The van der Waals surface area contributed by atoms with Crippen molar-refractivity contribution < 1.29 is 28.7 Å². The summed E-state index contributed by atoms with van der Waals surface area (Å²) in [4.78, 5) is 47.6. The molecular formula is C21H20N2O6. The summed E-state index contributed by atoms with van der Waals surface area (Å²) < 4.78 is 9.65. The van der Waals surface area contributed by atoms with Gasteiger partial charge in [0, 0.05) is 6.92 Å². The van der Waals surface area contributed by atoms with Crippen LogP contribution >= 0.6 is 0 Å². The third-order valence-corrected chi connectivity index (χ3v) is 3.58. The van der Waals surface area contributed by atoms with Crippen molar-refractivity contribution in [1.82, 2.24) is 5.32 Å². The lowest BCUT2D eigenvalue weighted by molar-refractivity contribution is -0.144. The maximum absolute atomic E-state index is 12.3. The number of amides is 2. The van der Waals surface area contributed by atoms with E-state index in [4.69, 9.17) is 4.74 Å². The summed E-state index contributed by atoms with van der Waals surface area (Å²) in [6.45, 7) is 0.641. The number of ether oxygens (including phenoxy) is 2. The Bertz CT molecular complexity index is 937. The van der Waals surface area contributed by atoms with Gasteiger partial charge in [-0.3, -0.25) is 9.59 Å². The maximum atomic E-state index is 12.3. The molecule has 150 valence electrons. The first-order valence-electron chi connectivity index (χ1n) is 8.59. The summed E-state index contributed by atoms with van der Waals surface area (Å²) in [7, 11) is 1.23. The highest BCUT2D eigenvalue weighted by molar-refractivity contribution is 6.03. The number of esters is 2. The molecule has 2 aromatic rings. The Kier molecular flexibility index (Phi) is 7.67. The molecule has 29 heavy (non-hydrogen) atoms. The molecule has 0 aliphatic rings. The van der Waals surface area contributed by atoms with Crippen LogP contribution in [0.4, 0.5) is 5.69 Å². The minimum atomic E-state index is -0.875. The normalized spacial score (nSPS) is 10.6. The van der Waals surface area contributed by atoms with Crippen LogP contribution in [0.25, 0.3) is 6.08 Å². The maximum Gasteiger partial charge on any atom is 0.355 e. The van der Waals surface area contributed by atoms with E-state index in [1.165, 1.54) is 32.2 Å². The number of methoxy groups -OCH3 is 1. The lowest BCUT2D eigenvalue weighted by Gasteiger charge is -2.11. The number of hydrogen-bond acceptors (Lipinski definition) is 6. The minimum Gasteiger partial charge on any atom is -0.465 e. The van der Waals surface area contributed by atoms with Crippen LogP contribution in [0.5, 0.6) is 0 Å². The highest BCUT2D eigenvalue weighted by Crippen LogP contribution is 2.16. The number of anilines is 1. The second-order valence-corrected chi connectivity index (χ2v) is 5.81. The number of nitrogens with one attached hydrogen (secondary N) is 2. The highest BCUT2D eigenvalue weighted by Gasteiger charge is 2.17. The van der Waals surface area contributed by atoms with Crippen molar-refractivity contribution in [2.45, 2.75) is 6.92 Å². The zero-order chi connectivity index (χ0) is 21.2. The van der Waals surface area contributed by atoms with Crippen molar-refractivity contribution in [3.05, 3.63) is 71.4 Å². The first-order valence-corrected chi connectivity index (χ1v) is 8.59. The van der Waals surface area contributed by atoms with Crippen LogP contribution < -0.4 is 10.6 Å². The molecule has 0 bridgehead atoms. The number of benzene rings is 2. The van der Waals surface area contributed by atoms with Gasteiger partial charge in [-0.25, -0.2) is 9.59 Å². The summed E-state index contributed by atoms with van der Waals surface area (Å²) in [6, 6.07) is 15.1. The monoisotopic (exact) mass is 396 g/mol. The molecule has 0 atom stereocenters. The first-order chi connectivity index (χ1) is 13.9. The van der Waals surface area contributed by atoms with Gasteiger partial charge >= 0.3 is 11.9 Å². The van der Waals surface area contributed by atoms with E-state index in [1.807, 2.05) is 6.07 Å². The summed E-state index contributed by atoms with van der Waals surface area (Å²) in [5.41, 5.74) is 0.955. The molecule has 2 aromatic carbocycles. The zero-order valence-corrected chi connectivity index (χ0v) is 15.9. The summed E-state index contributed by atoms with van der Waals surface area (Å²) in [5, 5.41) is 4.87. The van der Waals surface area contributed by atoms with Gasteiger partial charge in [-0.15, -0.1) is 0 Å². The average Bonchev–Trinajstić information content (AvgIpc) is 2.71. The Morgan fingerprint density at radius 3 is 2.28 bits per heavy atom. The Hall–Kier alpha value is -3.94. The number of hydrogen-bond donors (Lipinski definition) is 2. The molecule has 0 aromatic heterocycles. The molecule has 2 amide bonds. The van der Waals surface area contributed by atoms with E-state index in [1.54, 1.807) is 36.4 Å². The molecule has 0 aliphatic heterocycles. The molecule has 0 saturated heterocycles. The highest BCUT2D eigenvalue weighted by atomic mass is 16.5. The third kappa shape index (κ3) is 6.62. The summed E-state index contributed by atoms with van der Waals surface area (Å²) >= 11 is 0. The minimum absolute atomic E-state index is 0.105. The third-order valence-electron chi connectivity index (χ3n) is 3.58. The van der Waals surface area contributed by atoms with Gasteiger partial charge in [0.25, 0.3) is 5.91 Å². The summed E-state index contributed by atoms with van der Waals surface area (Å²) in [6.07, 6.45) is 1.44. The fourth-order valence-electron chi connectivity index (χ4n) is 2.33. The van der Waals surface area contributed by atoms with Gasteiger partial charge in [0.05, 0.1) is 18.4 Å². The van der Waals surface area contributed by atoms with Crippen molar-refractivity contribution in [2.75, 3.05) is 19.0 Å². The smallest absolute Gasteiger partial charge is 0.355 e. The first kappa shape index (κ1) is 21.4. The van der Waals surface area contributed by atoms with E-state index in [-0.39, 0.29) is 16.9 Å². The van der Waals surface area contributed by atoms with Crippen LogP contribution in [0.1, 0.15) is 22.8 Å². The van der Waals surface area contributed by atoms with Crippen molar-refractivity contribution in [3.8, 4) is 0 Å². The fraction of sp³-hybridized carbons (Fsp3) is 0.143. The largest absolute Gasteiger partial charge is 0.465 e. The zero-order valence-electron chi connectivity index (χ0n) is 15.9. The van der Waals surface area contributed by atoms with Gasteiger partial charge < -0.3 is 20.1 Å². The Balaban J connectivity index is 2.04. The second kappa shape index (κ2) is 10.4. The van der Waals surface area contributed by atoms with Crippen molar-refractivity contribution in [3.63, 3.8) is 0 Å². The average molecular weight is 396 g/mol. The van der Waals surface area contributed by atoms with E-state index in [0.29, 0.717) is 5.56 Å². The predicted octanol–water partition coefficient (Wildman–Crippen LogP) is 2.13. The number of para-hydroxylation sites is 1. The molecule has 0 radical (unpaired) electrons. The number of carbonyl (C=O) groups is 4. The molecule has 2 N–H and O–H groups in total. The lowest BCUT2D eigenvalue weighted by Crippen LogP contribution is -2.29. The van der Waals surface area contributed by atoms with Crippen LogP contribution in [0.3, 0.4) is 0 Å². The van der Waals surface area contributed by atoms with E-state index in [2.05, 4.69) is 15.4 Å². The van der Waals surface area contributed by atoms with Gasteiger partial charge in [-0.1, -0.05) is 42.5 Å². The van der Waals surface area contributed by atoms with E-state index >= 15 is 0 Å². The molecular weight excluding hydrogens is 376 g/mol. The van der Waals surface area contributed by atoms with Crippen LogP contribution in [0, 0.1) is 0 Å². The van der Waals surface area contributed by atoms with Gasteiger partial charge in [-0.05, 0) is 23.8 Å². The van der Waals surface area contributed by atoms with Gasteiger partial charge in [0.15, 0.2) is 6.61 Å². The van der Waals surface area contributed by atoms with Crippen LogP contribution in [0.15, 0.2) is 60.3 Å². The number of rotatable bonds is 7. The molecule has 0 aliphatic carbocycles. The quantitative estimate of drug-likeness (QED) is 0.548. The molecule has 8 nitrogen and oxygen atoms in total. The van der Waals surface area contributed by atoms with Crippen molar-refractivity contribution in [1.29, 1.82) is 0 Å². The Morgan fingerprint density at radius 1 is 0.966 bits per heavy atom. The van der Waals surface area contributed by atoms with E-state index in [9.17, 15) is 19.2 Å². The van der Waals surface area contributed by atoms with Crippen LogP contribution in [-0.4, -0.2) is 37.5 Å². The van der Waals surface area contributed by atoms with Crippen LogP contribution in [-0.2, 0) is 23.9 Å². The Labute approximate surface area is 167 Å². The van der Waals surface area contributed by atoms with E-state index < -0.39 is 30.4 Å². The Morgan fingerprint density at radius 2 is 1.62 bits per heavy atom. The fourth-order valence-corrected chi connectivity index (χ4v) is 2.33.